The summed E-state index contributed by atoms with van der Waals surface area (Å²) in [5, 5.41) is 0. The number of methoxy groups -OCH3 is 1. The molecule has 0 unspecified atom stereocenters. The number of ether oxygens (including phenoxy) is 1. The van der Waals surface area contributed by atoms with Gasteiger partial charge in [0.2, 0.25) is 13.8 Å². The van der Waals surface area contributed by atoms with E-state index in [2.05, 4.69) is 15.9 Å². The maximum Gasteiger partial charge on any atom is 0.229 e. The molecule has 0 N–H and O–H groups in total. The van der Waals surface area contributed by atoms with Gasteiger partial charge in [0.05, 0.1) is 12.7 Å². The minimum absolute atomic E-state index is 0.108. The SMILES string of the molecule is COc1ccc(/C(F)=C(/F)Br)c(O[SiH](C)C)c1C(C)(C)C. The van der Waals surface area contributed by atoms with Gasteiger partial charge < -0.3 is 9.16 Å². The first-order valence-corrected chi connectivity index (χ1v) is 10.3. The van der Waals surface area contributed by atoms with E-state index in [1.54, 1.807) is 13.2 Å². The van der Waals surface area contributed by atoms with Crippen LogP contribution in [0.3, 0.4) is 0 Å². The van der Waals surface area contributed by atoms with Gasteiger partial charge in [-0.2, -0.15) is 4.39 Å². The van der Waals surface area contributed by atoms with Gasteiger partial charge in [-0.1, -0.05) is 20.8 Å². The summed E-state index contributed by atoms with van der Waals surface area (Å²) >= 11 is 2.55. The van der Waals surface area contributed by atoms with Gasteiger partial charge >= 0.3 is 0 Å². The lowest BCUT2D eigenvalue weighted by molar-refractivity contribution is 0.390. The molecule has 0 amide bonds. The Kier molecular flexibility index (Phi) is 5.98. The average Bonchev–Trinajstić information content (AvgIpc) is 2.35. The topological polar surface area (TPSA) is 18.5 Å². The van der Waals surface area contributed by atoms with Crippen LogP contribution >= 0.6 is 15.9 Å². The number of hydrogen-bond acceptors (Lipinski definition) is 2. The molecule has 0 fully saturated rings. The van der Waals surface area contributed by atoms with Crippen molar-refractivity contribution in [3.63, 3.8) is 0 Å². The van der Waals surface area contributed by atoms with Gasteiger partial charge in [0, 0.05) is 5.56 Å². The van der Waals surface area contributed by atoms with Crippen LogP contribution in [0.25, 0.3) is 5.83 Å². The van der Waals surface area contributed by atoms with Gasteiger partial charge in [-0.05, 0) is 46.6 Å². The highest BCUT2D eigenvalue weighted by molar-refractivity contribution is 9.11. The van der Waals surface area contributed by atoms with Crippen molar-refractivity contribution in [1.29, 1.82) is 0 Å². The molecule has 0 radical (unpaired) electrons. The Morgan fingerprint density at radius 2 is 1.76 bits per heavy atom. The fourth-order valence-electron chi connectivity index (χ4n) is 2.08. The van der Waals surface area contributed by atoms with E-state index in [9.17, 15) is 8.78 Å². The quantitative estimate of drug-likeness (QED) is 0.660. The van der Waals surface area contributed by atoms with Crippen LogP contribution in [0, 0.1) is 0 Å². The average molecular weight is 379 g/mol. The highest BCUT2D eigenvalue weighted by Crippen LogP contribution is 2.44. The summed E-state index contributed by atoms with van der Waals surface area (Å²) in [6.45, 7) is 9.89. The largest absolute Gasteiger partial charge is 0.546 e. The van der Waals surface area contributed by atoms with Crippen LogP contribution in [-0.2, 0) is 5.41 Å². The molecule has 0 spiro atoms. The Morgan fingerprint density at radius 1 is 1.19 bits per heavy atom. The fourth-order valence-corrected chi connectivity index (χ4v) is 3.01. The lowest BCUT2D eigenvalue weighted by atomic mass is 9.84. The molecule has 0 aromatic heterocycles. The van der Waals surface area contributed by atoms with Crippen molar-refractivity contribution in [2.24, 2.45) is 0 Å². The van der Waals surface area contributed by atoms with E-state index in [0.717, 1.165) is 5.56 Å². The summed E-state index contributed by atoms with van der Waals surface area (Å²) in [5.74, 6) is 0.0158. The van der Waals surface area contributed by atoms with Gasteiger partial charge in [-0.15, -0.1) is 0 Å². The summed E-state index contributed by atoms with van der Waals surface area (Å²) in [4.78, 5) is 0. The smallest absolute Gasteiger partial charge is 0.229 e. The minimum Gasteiger partial charge on any atom is -0.546 e. The zero-order valence-corrected chi connectivity index (χ0v) is 15.9. The van der Waals surface area contributed by atoms with Gasteiger partial charge in [0.1, 0.15) is 11.5 Å². The number of hydrogen-bond donors (Lipinski definition) is 0. The van der Waals surface area contributed by atoms with Gasteiger partial charge in [-0.3, -0.25) is 0 Å². The molecule has 0 atom stereocenters. The van der Waals surface area contributed by atoms with E-state index in [4.69, 9.17) is 9.16 Å². The Hall–Kier alpha value is -0.883. The van der Waals surface area contributed by atoms with Gasteiger partial charge in [-0.25, -0.2) is 4.39 Å². The summed E-state index contributed by atoms with van der Waals surface area (Å²) < 4.78 is 37.6. The van der Waals surface area contributed by atoms with E-state index in [1.165, 1.54) is 6.07 Å². The first kappa shape index (κ1) is 18.2. The van der Waals surface area contributed by atoms with E-state index in [0.29, 0.717) is 11.5 Å². The molecular weight excluding hydrogens is 358 g/mol. The van der Waals surface area contributed by atoms with Crippen molar-refractivity contribution < 1.29 is 17.9 Å². The maximum absolute atomic E-state index is 14.1. The molecule has 21 heavy (non-hydrogen) atoms. The van der Waals surface area contributed by atoms with Crippen LogP contribution in [-0.4, -0.2) is 16.2 Å². The van der Waals surface area contributed by atoms with Crippen LogP contribution < -0.4 is 9.16 Å². The van der Waals surface area contributed by atoms with Crippen molar-refractivity contribution >= 4 is 30.8 Å². The summed E-state index contributed by atoms with van der Waals surface area (Å²) in [6.07, 6.45) is 0. The lowest BCUT2D eigenvalue weighted by Crippen LogP contribution is -2.20. The van der Waals surface area contributed by atoms with E-state index < -0.39 is 19.6 Å². The highest BCUT2D eigenvalue weighted by Gasteiger charge is 2.28. The Balaban J connectivity index is 3.72. The number of benzene rings is 1. The first-order valence-electron chi connectivity index (χ1n) is 6.68. The fraction of sp³-hybridized carbons (Fsp3) is 0.467. The Morgan fingerprint density at radius 3 is 2.14 bits per heavy atom. The van der Waals surface area contributed by atoms with Crippen molar-refractivity contribution in [2.45, 2.75) is 39.3 Å². The van der Waals surface area contributed by atoms with Crippen molar-refractivity contribution in [3.05, 3.63) is 28.0 Å². The summed E-state index contributed by atoms with van der Waals surface area (Å²) in [7, 11) is 0.0417. The summed E-state index contributed by atoms with van der Waals surface area (Å²) in [5.41, 5.74) is 0.521. The van der Waals surface area contributed by atoms with Crippen LogP contribution in [0.1, 0.15) is 31.9 Å². The highest BCUT2D eigenvalue weighted by atomic mass is 79.9. The third-order valence-corrected chi connectivity index (χ3v) is 3.90. The van der Waals surface area contributed by atoms with Crippen molar-refractivity contribution in [3.8, 4) is 11.5 Å². The molecule has 0 aliphatic heterocycles. The molecular formula is C15H21BrF2O2Si. The van der Waals surface area contributed by atoms with Crippen molar-refractivity contribution in [2.75, 3.05) is 7.11 Å². The monoisotopic (exact) mass is 378 g/mol. The second-order valence-electron chi connectivity index (χ2n) is 6.01. The maximum atomic E-state index is 14.1. The zero-order valence-electron chi connectivity index (χ0n) is 13.2. The number of rotatable bonds is 4. The number of halogens is 3. The minimum atomic E-state index is -1.51. The second-order valence-corrected chi connectivity index (χ2v) is 9.04. The molecule has 0 aliphatic carbocycles. The second kappa shape index (κ2) is 6.92. The van der Waals surface area contributed by atoms with E-state index in [-0.39, 0.29) is 11.0 Å². The molecule has 1 aromatic carbocycles. The van der Waals surface area contributed by atoms with Crippen LogP contribution in [0.2, 0.25) is 13.1 Å². The molecule has 0 heterocycles. The molecule has 1 aromatic rings. The van der Waals surface area contributed by atoms with E-state index in [1.807, 2.05) is 33.9 Å². The molecule has 118 valence electrons. The molecule has 0 bridgehead atoms. The van der Waals surface area contributed by atoms with Crippen LogP contribution in [0.5, 0.6) is 11.5 Å². The molecule has 1 rings (SSSR count). The Labute approximate surface area is 135 Å². The predicted molar refractivity (Wildman–Crippen MR) is 89.3 cm³/mol. The van der Waals surface area contributed by atoms with Crippen LogP contribution in [0.15, 0.2) is 16.9 Å². The van der Waals surface area contributed by atoms with Crippen molar-refractivity contribution in [1.82, 2.24) is 0 Å². The van der Waals surface area contributed by atoms with E-state index >= 15 is 0 Å². The van der Waals surface area contributed by atoms with Gasteiger partial charge in [0.15, 0.2) is 5.83 Å². The summed E-state index contributed by atoms with van der Waals surface area (Å²) in [6, 6.07) is 3.12. The third-order valence-electron chi connectivity index (χ3n) is 2.85. The zero-order chi connectivity index (χ0) is 16.4. The standard InChI is InChI=1S/C15H21BrF2O2Si/c1-15(2,3)11-10(19-4)8-7-9(12(17)14(16)18)13(11)20-21(5)6/h7-8,21H,1-6H3/b14-12-. The molecule has 0 saturated carbocycles. The molecule has 0 saturated heterocycles. The third kappa shape index (κ3) is 4.29. The Bertz CT molecular complexity index is 547. The molecule has 6 heteroatoms. The lowest BCUT2D eigenvalue weighted by Gasteiger charge is -2.28. The van der Waals surface area contributed by atoms with Crippen LogP contribution in [0.4, 0.5) is 8.78 Å². The normalized spacial score (nSPS) is 13.2. The molecule has 0 aliphatic rings. The molecule has 2 nitrogen and oxygen atoms in total. The van der Waals surface area contributed by atoms with Gasteiger partial charge in [0.25, 0.3) is 0 Å². The first-order chi connectivity index (χ1) is 9.59. The predicted octanol–water partition coefficient (Wildman–Crippen LogP) is 5.31.